The van der Waals surface area contributed by atoms with E-state index < -0.39 is 29.3 Å². The van der Waals surface area contributed by atoms with Gasteiger partial charge in [0.05, 0.1) is 5.70 Å². The second kappa shape index (κ2) is 8.33. The number of nitrogens with zero attached hydrogens (tertiary/aromatic N) is 1. The number of carbonyl (C=O) groups excluding carboxylic acids is 1. The van der Waals surface area contributed by atoms with E-state index in [4.69, 9.17) is 11.1 Å². The van der Waals surface area contributed by atoms with Crippen molar-refractivity contribution in [1.82, 2.24) is 4.90 Å². The highest BCUT2D eigenvalue weighted by molar-refractivity contribution is 6.04. The van der Waals surface area contributed by atoms with Crippen molar-refractivity contribution in [2.24, 2.45) is 5.73 Å². The van der Waals surface area contributed by atoms with Crippen LogP contribution in [0, 0.1) is 11.2 Å². The van der Waals surface area contributed by atoms with E-state index in [0.717, 1.165) is 19.3 Å². The molecule has 1 aliphatic rings. The molecule has 0 saturated heterocycles. The Labute approximate surface area is 149 Å². The molecule has 8 heteroatoms. The number of nitrogens with two attached hydrogens (primary N) is 1. The highest BCUT2D eigenvalue weighted by Crippen LogP contribution is 2.25. The molecule has 2 rings (SSSR count). The summed E-state index contributed by atoms with van der Waals surface area (Å²) in [5.41, 5.74) is 3.76. The van der Waals surface area contributed by atoms with Crippen LogP contribution in [0.3, 0.4) is 0 Å². The Morgan fingerprint density at radius 3 is 2.50 bits per heavy atom. The number of halogens is 4. The van der Waals surface area contributed by atoms with Gasteiger partial charge >= 0.3 is 6.18 Å². The molecule has 0 heterocycles. The van der Waals surface area contributed by atoms with Gasteiger partial charge in [-0.3, -0.25) is 10.2 Å². The van der Waals surface area contributed by atoms with Gasteiger partial charge in [0.2, 0.25) is 0 Å². The summed E-state index contributed by atoms with van der Waals surface area (Å²) in [5.74, 6) is -1.23. The molecule has 1 fully saturated rings. The third-order valence-corrected chi connectivity index (χ3v) is 4.37. The monoisotopic (exact) mass is 371 g/mol. The molecule has 0 bridgehead atoms. The second-order valence-corrected chi connectivity index (χ2v) is 6.37. The van der Waals surface area contributed by atoms with Gasteiger partial charge in [0, 0.05) is 12.6 Å². The molecular weight excluding hydrogens is 350 g/mol. The predicted octanol–water partition coefficient (Wildman–Crippen LogP) is 3.91. The first-order chi connectivity index (χ1) is 12.2. The van der Waals surface area contributed by atoms with Gasteiger partial charge in [0.15, 0.2) is 0 Å². The number of carbonyl (C=O) groups is 1. The maximum absolute atomic E-state index is 13.4. The lowest BCUT2D eigenvalue weighted by Crippen LogP contribution is -2.43. The van der Waals surface area contributed by atoms with E-state index in [9.17, 15) is 22.4 Å². The summed E-state index contributed by atoms with van der Waals surface area (Å²) in [6, 6.07) is 5.53. The van der Waals surface area contributed by atoms with Crippen molar-refractivity contribution < 1.29 is 22.4 Å². The molecule has 0 aliphatic heterocycles. The summed E-state index contributed by atoms with van der Waals surface area (Å²) >= 11 is 0. The lowest BCUT2D eigenvalue weighted by molar-refractivity contribution is -0.130. The zero-order chi connectivity index (χ0) is 19.3. The number of hydrogen-bond donors (Lipinski definition) is 2. The molecule has 0 spiro atoms. The smallest absolute Gasteiger partial charge is 0.394 e. The number of benzene rings is 1. The van der Waals surface area contributed by atoms with Gasteiger partial charge in [0.1, 0.15) is 11.5 Å². The lowest BCUT2D eigenvalue weighted by Gasteiger charge is -2.34. The summed E-state index contributed by atoms with van der Waals surface area (Å²) in [6.07, 6.45) is -0.273. The van der Waals surface area contributed by atoms with Crippen LogP contribution in [0.4, 0.5) is 17.6 Å². The van der Waals surface area contributed by atoms with E-state index in [0.29, 0.717) is 24.5 Å². The Morgan fingerprint density at radius 1 is 1.27 bits per heavy atom. The van der Waals surface area contributed by atoms with E-state index in [1.54, 1.807) is 6.07 Å². The molecule has 1 saturated carbocycles. The normalized spacial score (nSPS) is 16.4. The fraction of sp³-hybridized carbons (Fsp3) is 0.444. The number of hydrogen-bond acceptors (Lipinski definition) is 3. The molecule has 1 aliphatic carbocycles. The zero-order valence-corrected chi connectivity index (χ0v) is 14.2. The number of amides is 1. The van der Waals surface area contributed by atoms with Crippen molar-refractivity contribution in [3.05, 3.63) is 47.4 Å². The summed E-state index contributed by atoms with van der Waals surface area (Å²) in [6.45, 7) is 0.0507. The summed E-state index contributed by atoms with van der Waals surface area (Å²) in [5, 5.41) is 7.00. The van der Waals surface area contributed by atoms with Gasteiger partial charge in [-0.15, -0.1) is 0 Å². The van der Waals surface area contributed by atoms with E-state index in [1.165, 1.54) is 23.1 Å². The van der Waals surface area contributed by atoms with Crippen LogP contribution in [0.1, 0.15) is 37.7 Å². The highest BCUT2D eigenvalue weighted by Gasteiger charge is 2.34. The Morgan fingerprint density at radius 2 is 1.92 bits per heavy atom. The minimum Gasteiger partial charge on any atom is -0.394 e. The fourth-order valence-electron chi connectivity index (χ4n) is 3.06. The first-order valence-corrected chi connectivity index (χ1v) is 8.37. The maximum atomic E-state index is 13.4. The molecule has 0 radical (unpaired) electrons. The molecule has 142 valence electrons. The standard InChI is InChI=1S/C18H21F4N3O/c19-13-6-4-5-12(9-13)11-25(14-7-2-1-3-8-14)17(26)15(23)10-16(24)18(20,21)22/h4-6,9-10,14,24H,1-3,7-8,11,23H2/b15-10-,24-16?. The highest BCUT2D eigenvalue weighted by atomic mass is 19.4. The average Bonchev–Trinajstić information content (AvgIpc) is 2.59. The van der Waals surface area contributed by atoms with Crippen LogP contribution in [-0.4, -0.2) is 28.7 Å². The SMILES string of the molecule is N=C(/C=C(\N)C(=O)N(Cc1cccc(F)c1)C1CCCCC1)C(F)(F)F. The minimum absolute atomic E-state index is 0.0507. The van der Waals surface area contributed by atoms with Crippen LogP contribution in [0.25, 0.3) is 0 Å². The molecule has 0 atom stereocenters. The van der Waals surface area contributed by atoms with E-state index in [1.807, 2.05) is 0 Å². The number of alkyl halides is 3. The van der Waals surface area contributed by atoms with Crippen LogP contribution in [0.5, 0.6) is 0 Å². The quantitative estimate of drug-likeness (QED) is 0.468. The van der Waals surface area contributed by atoms with Crippen LogP contribution in [-0.2, 0) is 11.3 Å². The average molecular weight is 371 g/mol. The van der Waals surface area contributed by atoms with Crippen LogP contribution in [0.2, 0.25) is 0 Å². The summed E-state index contributed by atoms with van der Waals surface area (Å²) in [7, 11) is 0. The first-order valence-electron chi connectivity index (χ1n) is 8.37. The molecule has 1 aromatic carbocycles. The lowest BCUT2D eigenvalue weighted by atomic mass is 9.93. The molecule has 1 aromatic rings. The van der Waals surface area contributed by atoms with Gasteiger partial charge in [-0.05, 0) is 36.6 Å². The van der Waals surface area contributed by atoms with Gasteiger partial charge in [-0.1, -0.05) is 31.4 Å². The molecule has 4 nitrogen and oxygen atoms in total. The van der Waals surface area contributed by atoms with Gasteiger partial charge in [-0.2, -0.15) is 13.2 Å². The van der Waals surface area contributed by atoms with Gasteiger partial charge in [-0.25, -0.2) is 4.39 Å². The molecule has 0 aromatic heterocycles. The van der Waals surface area contributed by atoms with Crippen molar-refractivity contribution in [2.75, 3.05) is 0 Å². The molecular formula is C18H21F4N3O. The van der Waals surface area contributed by atoms with Crippen molar-refractivity contribution in [3.8, 4) is 0 Å². The number of allylic oxidation sites excluding steroid dienone is 1. The second-order valence-electron chi connectivity index (χ2n) is 6.37. The summed E-state index contributed by atoms with van der Waals surface area (Å²) < 4.78 is 51.0. The van der Waals surface area contributed by atoms with Crippen LogP contribution >= 0.6 is 0 Å². The maximum Gasteiger partial charge on any atom is 0.432 e. The topological polar surface area (TPSA) is 70.2 Å². The Balaban J connectivity index is 2.25. The van der Waals surface area contributed by atoms with Crippen molar-refractivity contribution in [2.45, 2.75) is 50.9 Å². The number of nitrogens with one attached hydrogen (secondary N) is 1. The Bertz CT molecular complexity index is 694. The van der Waals surface area contributed by atoms with Crippen molar-refractivity contribution in [1.29, 1.82) is 5.41 Å². The van der Waals surface area contributed by atoms with Crippen molar-refractivity contribution >= 4 is 11.6 Å². The van der Waals surface area contributed by atoms with Crippen LogP contribution < -0.4 is 5.73 Å². The largest absolute Gasteiger partial charge is 0.432 e. The van der Waals surface area contributed by atoms with E-state index in [-0.39, 0.29) is 12.6 Å². The predicted molar refractivity (Wildman–Crippen MR) is 89.9 cm³/mol. The summed E-state index contributed by atoms with van der Waals surface area (Å²) in [4.78, 5) is 14.1. The minimum atomic E-state index is -4.87. The third kappa shape index (κ3) is 5.31. The van der Waals surface area contributed by atoms with E-state index >= 15 is 0 Å². The Kier molecular flexibility index (Phi) is 6.39. The van der Waals surface area contributed by atoms with Crippen LogP contribution in [0.15, 0.2) is 36.0 Å². The van der Waals surface area contributed by atoms with Gasteiger partial charge < -0.3 is 10.6 Å². The third-order valence-electron chi connectivity index (χ3n) is 4.37. The molecule has 1 amide bonds. The fourth-order valence-corrected chi connectivity index (χ4v) is 3.06. The molecule has 3 N–H and O–H groups in total. The number of rotatable bonds is 5. The van der Waals surface area contributed by atoms with Gasteiger partial charge in [0.25, 0.3) is 5.91 Å². The first kappa shape index (κ1) is 19.9. The molecule has 0 unspecified atom stereocenters. The zero-order valence-electron chi connectivity index (χ0n) is 14.2. The molecule has 26 heavy (non-hydrogen) atoms. The van der Waals surface area contributed by atoms with Crippen molar-refractivity contribution in [3.63, 3.8) is 0 Å². The Hall–Kier alpha value is -2.38. The van der Waals surface area contributed by atoms with E-state index in [2.05, 4.69) is 0 Å².